The van der Waals surface area contributed by atoms with E-state index in [1.807, 2.05) is 48.5 Å². The lowest BCUT2D eigenvalue weighted by Crippen LogP contribution is -2.23. The Hall–Kier alpha value is -2.13. The fourth-order valence-corrected chi connectivity index (χ4v) is 2.64. The summed E-state index contributed by atoms with van der Waals surface area (Å²) in [4.78, 5) is 17.5. The predicted molar refractivity (Wildman–Crippen MR) is 91.4 cm³/mol. The summed E-state index contributed by atoms with van der Waals surface area (Å²) < 4.78 is 1.77. The molecule has 0 saturated carbocycles. The fraction of sp³-hybridized carbons (Fsp3) is 0.222. The average Bonchev–Trinajstić information content (AvgIpc) is 2.55. The van der Waals surface area contributed by atoms with Crippen LogP contribution in [0, 0.1) is 0 Å². The number of nitrogens with zero attached hydrogens (tertiary/aromatic N) is 2. The van der Waals surface area contributed by atoms with Gasteiger partial charge in [-0.15, -0.1) is 0 Å². The van der Waals surface area contributed by atoms with Crippen LogP contribution < -0.4 is 5.56 Å². The second kappa shape index (κ2) is 6.32. The Morgan fingerprint density at radius 2 is 1.82 bits per heavy atom. The molecule has 2 aromatic carbocycles. The van der Waals surface area contributed by atoms with Crippen LogP contribution in [0.3, 0.4) is 0 Å². The van der Waals surface area contributed by atoms with Crippen LogP contribution in [-0.4, -0.2) is 9.55 Å². The van der Waals surface area contributed by atoms with Gasteiger partial charge in [-0.3, -0.25) is 9.36 Å². The van der Waals surface area contributed by atoms with Crippen LogP contribution in [0.15, 0.2) is 53.3 Å². The van der Waals surface area contributed by atoms with Crippen molar-refractivity contribution in [1.29, 1.82) is 0 Å². The van der Waals surface area contributed by atoms with Gasteiger partial charge in [0.15, 0.2) is 0 Å². The van der Waals surface area contributed by atoms with Crippen molar-refractivity contribution in [2.75, 3.05) is 0 Å². The van der Waals surface area contributed by atoms with E-state index >= 15 is 0 Å². The van der Waals surface area contributed by atoms with Crippen molar-refractivity contribution in [3.05, 3.63) is 63.9 Å². The quantitative estimate of drug-likeness (QED) is 0.710. The minimum absolute atomic E-state index is 0.0176. The van der Waals surface area contributed by atoms with Crippen molar-refractivity contribution in [3.8, 4) is 11.4 Å². The molecule has 0 unspecified atom stereocenters. The molecule has 0 aliphatic heterocycles. The highest BCUT2D eigenvalue weighted by atomic mass is 35.5. The highest BCUT2D eigenvalue weighted by Crippen LogP contribution is 2.21. The maximum Gasteiger partial charge on any atom is 0.261 e. The SMILES string of the molecule is CCCCn1c(-c2ccc(Cl)cc2)nc2ccccc2c1=O. The van der Waals surface area contributed by atoms with Crippen molar-refractivity contribution in [3.63, 3.8) is 0 Å². The second-order valence-corrected chi connectivity index (χ2v) is 5.71. The molecule has 0 aliphatic rings. The van der Waals surface area contributed by atoms with Crippen LogP contribution in [0.25, 0.3) is 22.3 Å². The highest BCUT2D eigenvalue weighted by molar-refractivity contribution is 6.30. The van der Waals surface area contributed by atoms with E-state index in [-0.39, 0.29) is 5.56 Å². The van der Waals surface area contributed by atoms with Crippen molar-refractivity contribution in [1.82, 2.24) is 9.55 Å². The summed E-state index contributed by atoms with van der Waals surface area (Å²) in [7, 11) is 0. The molecule has 112 valence electrons. The van der Waals surface area contributed by atoms with Gasteiger partial charge in [0.05, 0.1) is 10.9 Å². The van der Waals surface area contributed by atoms with E-state index in [0.29, 0.717) is 22.8 Å². The highest BCUT2D eigenvalue weighted by Gasteiger charge is 2.12. The van der Waals surface area contributed by atoms with Gasteiger partial charge >= 0.3 is 0 Å². The molecule has 0 radical (unpaired) electrons. The molecule has 1 aromatic heterocycles. The van der Waals surface area contributed by atoms with E-state index in [4.69, 9.17) is 16.6 Å². The van der Waals surface area contributed by atoms with E-state index < -0.39 is 0 Å². The van der Waals surface area contributed by atoms with Crippen molar-refractivity contribution < 1.29 is 0 Å². The number of fused-ring (bicyclic) bond motifs is 1. The molecule has 0 saturated heterocycles. The van der Waals surface area contributed by atoms with Crippen molar-refractivity contribution >= 4 is 22.5 Å². The van der Waals surface area contributed by atoms with Gasteiger partial charge in [-0.2, -0.15) is 0 Å². The first-order valence-corrected chi connectivity index (χ1v) is 7.84. The monoisotopic (exact) mass is 312 g/mol. The number of halogens is 1. The minimum Gasteiger partial charge on any atom is -0.292 e. The molecule has 4 heteroatoms. The molecule has 0 bridgehead atoms. The largest absolute Gasteiger partial charge is 0.292 e. The molecular weight excluding hydrogens is 296 g/mol. The van der Waals surface area contributed by atoms with Gasteiger partial charge in [0.2, 0.25) is 0 Å². The number of unbranched alkanes of at least 4 members (excludes halogenated alkanes) is 1. The van der Waals surface area contributed by atoms with Crippen LogP contribution in [0.2, 0.25) is 5.02 Å². The number of benzene rings is 2. The third-order valence-corrected chi connectivity index (χ3v) is 3.95. The molecule has 3 aromatic rings. The predicted octanol–water partition coefficient (Wildman–Crippen LogP) is 4.52. The Morgan fingerprint density at radius 3 is 2.55 bits per heavy atom. The Labute approximate surface area is 134 Å². The van der Waals surface area contributed by atoms with Crippen molar-refractivity contribution in [2.24, 2.45) is 0 Å². The molecule has 0 N–H and O–H groups in total. The summed E-state index contributed by atoms with van der Waals surface area (Å²) in [5.74, 6) is 0.703. The van der Waals surface area contributed by atoms with Crippen LogP contribution in [-0.2, 0) is 6.54 Å². The van der Waals surface area contributed by atoms with Crippen LogP contribution in [0.1, 0.15) is 19.8 Å². The molecule has 3 nitrogen and oxygen atoms in total. The lowest BCUT2D eigenvalue weighted by Gasteiger charge is -2.13. The summed E-state index contributed by atoms with van der Waals surface area (Å²) >= 11 is 5.96. The smallest absolute Gasteiger partial charge is 0.261 e. The van der Waals surface area contributed by atoms with Gasteiger partial charge < -0.3 is 0 Å². The fourth-order valence-electron chi connectivity index (χ4n) is 2.51. The molecule has 3 rings (SSSR count). The lowest BCUT2D eigenvalue weighted by atomic mass is 10.1. The summed E-state index contributed by atoms with van der Waals surface area (Å²) in [5, 5.41) is 1.34. The number of hydrogen-bond acceptors (Lipinski definition) is 2. The zero-order valence-corrected chi connectivity index (χ0v) is 13.2. The first kappa shape index (κ1) is 14.8. The van der Waals surface area contributed by atoms with Crippen LogP contribution in [0.4, 0.5) is 0 Å². The van der Waals surface area contributed by atoms with E-state index in [9.17, 15) is 4.79 Å². The third-order valence-electron chi connectivity index (χ3n) is 3.70. The molecule has 0 atom stereocenters. The number of aromatic nitrogens is 2. The number of para-hydroxylation sites is 1. The molecule has 0 spiro atoms. The first-order valence-electron chi connectivity index (χ1n) is 7.46. The van der Waals surface area contributed by atoms with Gasteiger partial charge in [0.1, 0.15) is 5.82 Å². The third kappa shape index (κ3) is 2.77. The number of rotatable bonds is 4. The van der Waals surface area contributed by atoms with E-state index in [1.54, 1.807) is 4.57 Å². The average molecular weight is 313 g/mol. The Bertz CT molecular complexity index is 853. The molecular formula is C18H17ClN2O. The Balaban J connectivity index is 2.26. The topological polar surface area (TPSA) is 34.9 Å². The summed E-state index contributed by atoms with van der Waals surface area (Å²) in [5.41, 5.74) is 1.65. The first-order chi connectivity index (χ1) is 10.7. The Kier molecular flexibility index (Phi) is 4.25. The maximum atomic E-state index is 12.8. The normalized spacial score (nSPS) is 11.0. The van der Waals surface area contributed by atoms with E-state index in [0.717, 1.165) is 23.9 Å². The van der Waals surface area contributed by atoms with Gasteiger partial charge in [-0.05, 0) is 42.8 Å². The summed E-state index contributed by atoms with van der Waals surface area (Å²) in [6.07, 6.45) is 1.97. The van der Waals surface area contributed by atoms with Gasteiger partial charge in [-0.25, -0.2) is 4.98 Å². The standard InChI is InChI=1S/C18H17ClN2O/c1-2-3-12-21-17(13-8-10-14(19)11-9-13)20-16-7-5-4-6-15(16)18(21)22/h4-11H,2-3,12H2,1H3. The van der Waals surface area contributed by atoms with Crippen LogP contribution in [0.5, 0.6) is 0 Å². The van der Waals surface area contributed by atoms with Crippen molar-refractivity contribution in [2.45, 2.75) is 26.3 Å². The zero-order chi connectivity index (χ0) is 15.5. The van der Waals surface area contributed by atoms with Gasteiger partial charge in [-0.1, -0.05) is 37.1 Å². The van der Waals surface area contributed by atoms with E-state index in [1.165, 1.54) is 0 Å². The maximum absolute atomic E-state index is 12.8. The molecule has 0 fully saturated rings. The molecule has 22 heavy (non-hydrogen) atoms. The minimum atomic E-state index is 0.0176. The Morgan fingerprint density at radius 1 is 1.09 bits per heavy atom. The van der Waals surface area contributed by atoms with Gasteiger partial charge in [0, 0.05) is 17.1 Å². The molecule has 0 aliphatic carbocycles. The van der Waals surface area contributed by atoms with Crippen LogP contribution >= 0.6 is 11.6 Å². The lowest BCUT2D eigenvalue weighted by molar-refractivity contribution is 0.615. The second-order valence-electron chi connectivity index (χ2n) is 5.27. The summed E-state index contributed by atoms with van der Waals surface area (Å²) in [6, 6.07) is 14.9. The molecule has 1 heterocycles. The van der Waals surface area contributed by atoms with E-state index in [2.05, 4.69) is 6.92 Å². The molecule has 0 amide bonds. The summed E-state index contributed by atoms with van der Waals surface area (Å²) in [6.45, 7) is 2.78. The van der Waals surface area contributed by atoms with Gasteiger partial charge in [0.25, 0.3) is 5.56 Å². The number of hydrogen-bond donors (Lipinski definition) is 0. The zero-order valence-electron chi connectivity index (χ0n) is 12.4.